The summed E-state index contributed by atoms with van der Waals surface area (Å²) < 4.78 is 5.16. The maximum atomic E-state index is 12.9. The molecule has 4 rings (SSSR count). The van der Waals surface area contributed by atoms with Crippen molar-refractivity contribution in [3.05, 3.63) is 60.2 Å². The lowest BCUT2D eigenvalue weighted by Crippen LogP contribution is -2.45. The number of hydrogen-bond donors (Lipinski definition) is 1. The van der Waals surface area contributed by atoms with Crippen LogP contribution in [0.5, 0.6) is 5.75 Å². The molecule has 29 heavy (non-hydrogen) atoms. The Bertz CT molecular complexity index is 812. The van der Waals surface area contributed by atoms with Gasteiger partial charge >= 0.3 is 0 Å². The minimum atomic E-state index is -0.513. The van der Waals surface area contributed by atoms with Crippen molar-refractivity contribution in [2.75, 3.05) is 51.3 Å². The van der Waals surface area contributed by atoms with Gasteiger partial charge in [0.05, 0.1) is 19.3 Å². The van der Waals surface area contributed by atoms with E-state index in [-0.39, 0.29) is 11.9 Å². The molecule has 0 unspecified atom stereocenters. The monoisotopic (exact) mass is 395 g/mol. The van der Waals surface area contributed by atoms with Crippen molar-refractivity contribution in [1.29, 1.82) is 0 Å². The van der Waals surface area contributed by atoms with Gasteiger partial charge in [-0.25, -0.2) is 0 Å². The van der Waals surface area contributed by atoms with Crippen LogP contribution in [-0.2, 0) is 0 Å². The van der Waals surface area contributed by atoms with Crippen LogP contribution in [0.2, 0.25) is 0 Å². The topological polar surface area (TPSA) is 56.2 Å². The van der Waals surface area contributed by atoms with Gasteiger partial charge in [-0.3, -0.25) is 9.69 Å². The number of methoxy groups -OCH3 is 1. The number of benzene rings is 2. The van der Waals surface area contributed by atoms with Crippen molar-refractivity contribution < 1.29 is 14.6 Å². The van der Waals surface area contributed by atoms with E-state index in [9.17, 15) is 9.90 Å². The summed E-state index contributed by atoms with van der Waals surface area (Å²) in [7, 11) is 1.61. The van der Waals surface area contributed by atoms with Gasteiger partial charge in [-0.1, -0.05) is 18.2 Å². The van der Waals surface area contributed by atoms with E-state index in [4.69, 9.17) is 4.74 Å². The maximum Gasteiger partial charge on any atom is 0.254 e. The van der Waals surface area contributed by atoms with Crippen molar-refractivity contribution in [2.24, 2.45) is 0 Å². The first-order valence-electron chi connectivity index (χ1n) is 10.3. The number of rotatable bonds is 4. The Morgan fingerprint density at radius 1 is 0.966 bits per heavy atom. The second-order valence-corrected chi connectivity index (χ2v) is 7.79. The summed E-state index contributed by atoms with van der Waals surface area (Å²) >= 11 is 0. The number of aliphatic hydroxyl groups is 1. The van der Waals surface area contributed by atoms with Gasteiger partial charge in [-0.2, -0.15) is 0 Å². The van der Waals surface area contributed by atoms with E-state index < -0.39 is 6.10 Å². The summed E-state index contributed by atoms with van der Waals surface area (Å²) in [6, 6.07) is 17.6. The van der Waals surface area contributed by atoms with Crippen molar-refractivity contribution in [2.45, 2.75) is 18.6 Å². The molecule has 2 aliphatic heterocycles. The first kappa shape index (κ1) is 19.7. The molecule has 0 aromatic heterocycles. The number of amides is 1. The number of anilines is 1. The zero-order valence-corrected chi connectivity index (χ0v) is 16.9. The summed E-state index contributed by atoms with van der Waals surface area (Å²) in [5.74, 6) is 0.698. The molecule has 1 amide bonds. The maximum absolute atomic E-state index is 12.9. The van der Waals surface area contributed by atoms with Crippen LogP contribution >= 0.6 is 0 Å². The van der Waals surface area contributed by atoms with E-state index in [2.05, 4.69) is 34.1 Å². The van der Waals surface area contributed by atoms with Crippen LogP contribution in [0.3, 0.4) is 0 Å². The van der Waals surface area contributed by atoms with Gasteiger partial charge in [0.1, 0.15) is 5.75 Å². The van der Waals surface area contributed by atoms with Gasteiger partial charge in [-0.05, 0) is 42.8 Å². The van der Waals surface area contributed by atoms with Crippen molar-refractivity contribution in [3.63, 3.8) is 0 Å². The summed E-state index contributed by atoms with van der Waals surface area (Å²) in [5.41, 5.74) is 1.88. The minimum absolute atomic E-state index is 0.00655. The number of nitrogens with zero attached hydrogens (tertiary/aromatic N) is 3. The van der Waals surface area contributed by atoms with Crippen LogP contribution in [0.4, 0.5) is 5.69 Å². The third kappa shape index (κ3) is 4.38. The van der Waals surface area contributed by atoms with Crippen LogP contribution in [-0.4, -0.2) is 79.3 Å². The number of hydrogen-bond acceptors (Lipinski definition) is 5. The zero-order chi connectivity index (χ0) is 20.2. The molecule has 1 N–H and O–H groups in total. The highest BCUT2D eigenvalue weighted by molar-refractivity contribution is 5.94. The molecule has 154 valence electrons. The van der Waals surface area contributed by atoms with E-state index in [0.717, 1.165) is 38.3 Å². The molecule has 2 heterocycles. The minimum Gasteiger partial charge on any atom is -0.497 e. The third-order valence-electron chi connectivity index (χ3n) is 6.00. The second kappa shape index (κ2) is 8.84. The molecule has 0 bridgehead atoms. The Balaban J connectivity index is 1.38. The van der Waals surface area contributed by atoms with Crippen LogP contribution < -0.4 is 9.64 Å². The number of ether oxygens (including phenoxy) is 1. The smallest absolute Gasteiger partial charge is 0.254 e. The van der Waals surface area contributed by atoms with Gasteiger partial charge in [0.15, 0.2) is 0 Å². The number of likely N-dealkylation sites (tertiary alicyclic amines) is 1. The highest BCUT2D eigenvalue weighted by atomic mass is 16.5. The number of carbonyl (C=O) groups excluding carboxylic acids is 1. The molecule has 2 aromatic carbocycles. The lowest BCUT2D eigenvalue weighted by atomic mass is 10.1. The van der Waals surface area contributed by atoms with E-state index >= 15 is 0 Å². The molecule has 2 aliphatic rings. The Labute approximate surface area is 172 Å². The molecule has 0 aliphatic carbocycles. The molecule has 0 spiro atoms. The molecule has 0 saturated carbocycles. The lowest BCUT2D eigenvalue weighted by Gasteiger charge is -2.29. The van der Waals surface area contributed by atoms with E-state index in [0.29, 0.717) is 18.7 Å². The highest BCUT2D eigenvalue weighted by Crippen LogP contribution is 2.23. The van der Waals surface area contributed by atoms with Crippen LogP contribution in [0, 0.1) is 0 Å². The summed E-state index contributed by atoms with van der Waals surface area (Å²) in [5, 5.41) is 10.7. The number of para-hydroxylation sites is 1. The zero-order valence-electron chi connectivity index (χ0n) is 16.9. The number of aliphatic hydroxyl groups excluding tert-OH is 1. The predicted molar refractivity (Wildman–Crippen MR) is 114 cm³/mol. The molecule has 6 heteroatoms. The van der Waals surface area contributed by atoms with Gasteiger partial charge in [0, 0.05) is 50.5 Å². The SMILES string of the molecule is COc1ccc(C(=O)N2C[C@H](O)[C@@H](N3CCCN(c4ccccc4)CC3)C2)cc1. The first-order chi connectivity index (χ1) is 14.2. The van der Waals surface area contributed by atoms with Gasteiger partial charge in [0.2, 0.25) is 0 Å². The van der Waals surface area contributed by atoms with Gasteiger partial charge in [0.25, 0.3) is 5.91 Å². The number of β-amino-alcohol motifs (C(OH)–C–C–N with tert-alkyl or cyclic N) is 1. The molecule has 2 atom stereocenters. The standard InChI is InChI=1S/C23H29N3O3/c1-29-20-10-8-18(9-11-20)23(28)26-16-21(22(27)17-26)25-13-5-12-24(14-15-25)19-6-3-2-4-7-19/h2-4,6-11,21-22,27H,5,12-17H2,1H3/t21-,22-/m0/s1. The van der Waals surface area contributed by atoms with E-state index in [1.807, 2.05) is 6.07 Å². The Hall–Kier alpha value is -2.57. The molecule has 0 radical (unpaired) electrons. The van der Waals surface area contributed by atoms with Crippen LogP contribution in [0.1, 0.15) is 16.8 Å². The van der Waals surface area contributed by atoms with Gasteiger partial charge < -0.3 is 19.6 Å². The third-order valence-corrected chi connectivity index (χ3v) is 6.00. The number of carbonyl (C=O) groups is 1. The lowest BCUT2D eigenvalue weighted by molar-refractivity contribution is 0.0761. The Morgan fingerprint density at radius 3 is 2.45 bits per heavy atom. The van der Waals surface area contributed by atoms with Crippen molar-refractivity contribution in [1.82, 2.24) is 9.80 Å². The fourth-order valence-electron chi connectivity index (χ4n) is 4.38. The van der Waals surface area contributed by atoms with E-state index in [1.165, 1.54) is 5.69 Å². The fourth-order valence-corrected chi connectivity index (χ4v) is 4.38. The van der Waals surface area contributed by atoms with Crippen molar-refractivity contribution >= 4 is 11.6 Å². The van der Waals surface area contributed by atoms with Crippen molar-refractivity contribution in [3.8, 4) is 5.75 Å². The first-order valence-corrected chi connectivity index (χ1v) is 10.3. The Kier molecular flexibility index (Phi) is 6.02. The molecule has 2 fully saturated rings. The summed E-state index contributed by atoms with van der Waals surface area (Å²) in [6.45, 7) is 4.72. The predicted octanol–water partition coefficient (Wildman–Crippen LogP) is 2.09. The molecule has 2 aromatic rings. The average Bonchev–Trinajstić information content (AvgIpc) is 2.99. The average molecular weight is 396 g/mol. The van der Waals surface area contributed by atoms with Gasteiger partial charge in [-0.15, -0.1) is 0 Å². The normalized spacial score (nSPS) is 23.1. The summed E-state index contributed by atoms with van der Waals surface area (Å²) in [6.07, 6.45) is 0.533. The Morgan fingerprint density at radius 2 is 1.72 bits per heavy atom. The summed E-state index contributed by atoms with van der Waals surface area (Å²) in [4.78, 5) is 19.4. The second-order valence-electron chi connectivity index (χ2n) is 7.79. The van der Waals surface area contributed by atoms with Crippen LogP contribution in [0.15, 0.2) is 54.6 Å². The molecular weight excluding hydrogens is 366 g/mol. The molecule has 2 saturated heterocycles. The molecular formula is C23H29N3O3. The highest BCUT2D eigenvalue weighted by Gasteiger charge is 2.38. The van der Waals surface area contributed by atoms with E-state index in [1.54, 1.807) is 36.3 Å². The quantitative estimate of drug-likeness (QED) is 0.859. The molecule has 6 nitrogen and oxygen atoms in total. The van der Waals surface area contributed by atoms with Crippen LogP contribution in [0.25, 0.3) is 0 Å². The largest absolute Gasteiger partial charge is 0.497 e. The fraction of sp³-hybridized carbons (Fsp3) is 0.435.